The number of likely N-dealkylation sites (N-methyl/N-ethyl adjacent to an activating group) is 1. The van der Waals surface area contributed by atoms with Crippen molar-refractivity contribution in [3.05, 3.63) is 29.3 Å². The highest BCUT2D eigenvalue weighted by molar-refractivity contribution is 7.18. The van der Waals surface area contributed by atoms with Crippen molar-refractivity contribution >= 4 is 33.4 Å². The van der Waals surface area contributed by atoms with Crippen molar-refractivity contribution < 1.29 is 9.59 Å². The molecule has 2 rings (SSSR count). The summed E-state index contributed by atoms with van der Waals surface area (Å²) in [6.45, 7) is 8.75. The second-order valence-electron chi connectivity index (χ2n) is 7.70. The lowest BCUT2D eigenvalue weighted by molar-refractivity contribution is -0.125. The number of carbonyl (C=O) groups is 2. The first-order valence-corrected chi connectivity index (χ1v) is 9.57. The molecule has 1 unspecified atom stereocenters. The molecule has 26 heavy (non-hydrogen) atoms. The molecule has 1 aromatic carbocycles. The van der Waals surface area contributed by atoms with Crippen LogP contribution < -0.4 is 10.6 Å². The highest BCUT2D eigenvalue weighted by Crippen LogP contribution is 2.26. The molecule has 1 atom stereocenters. The first-order valence-electron chi connectivity index (χ1n) is 8.76. The second-order valence-corrected chi connectivity index (χ2v) is 8.76. The third kappa shape index (κ3) is 6.38. The Morgan fingerprint density at radius 3 is 2.50 bits per heavy atom. The molecule has 7 heteroatoms. The van der Waals surface area contributed by atoms with Crippen molar-refractivity contribution in [3.63, 3.8) is 0 Å². The molecule has 0 aliphatic rings. The Labute approximate surface area is 159 Å². The van der Waals surface area contributed by atoms with Crippen LogP contribution in [0.5, 0.6) is 0 Å². The van der Waals surface area contributed by atoms with Crippen molar-refractivity contribution in [1.29, 1.82) is 0 Å². The van der Waals surface area contributed by atoms with Gasteiger partial charge < -0.3 is 10.6 Å². The van der Waals surface area contributed by atoms with Gasteiger partial charge in [0, 0.05) is 18.0 Å². The Morgan fingerprint density at radius 1 is 1.19 bits per heavy atom. The van der Waals surface area contributed by atoms with Crippen molar-refractivity contribution in [2.75, 3.05) is 26.7 Å². The van der Waals surface area contributed by atoms with E-state index in [9.17, 15) is 9.59 Å². The summed E-state index contributed by atoms with van der Waals surface area (Å²) < 4.78 is 1.16. The van der Waals surface area contributed by atoms with E-state index < -0.39 is 0 Å². The molecule has 0 spiro atoms. The monoisotopic (exact) mass is 376 g/mol. The lowest BCUT2D eigenvalue weighted by Gasteiger charge is -2.23. The molecule has 2 amide bonds. The van der Waals surface area contributed by atoms with Crippen molar-refractivity contribution in [2.24, 2.45) is 0 Å². The van der Waals surface area contributed by atoms with Crippen molar-refractivity contribution in [1.82, 2.24) is 20.5 Å². The average Bonchev–Trinajstić information content (AvgIpc) is 2.94. The van der Waals surface area contributed by atoms with Gasteiger partial charge in [-0.3, -0.25) is 14.5 Å². The molecule has 0 aliphatic heterocycles. The van der Waals surface area contributed by atoms with Gasteiger partial charge in [-0.15, -0.1) is 11.3 Å². The van der Waals surface area contributed by atoms with Gasteiger partial charge in [0.1, 0.15) is 0 Å². The van der Waals surface area contributed by atoms with Crippen LogP contribution in [-0.2, 0) is 9.59 Å². The van der Waals surface area contributed by atoms with Crippen LogP contribution in [0.2, 0.25) is 0 Å². The third-order valence-corrected chi connectivity index (χ3v) is 4.95. The zero-order chi connectivity index (χ0) is 19.3. The minimum Gasteiger partial charge on any atom is -0.354 e. The Morgan fingerprint density at radius 2 is 1.85 bits per heavy atom. The van der Waals surface area contributed by atoms with Crippen LogP contribution in [0.15, 0.2) is 24.3 Å². The third-order valence-electron chi connectivity index (χ3n) is 3.68. The molecular formula is C19H28N4O2S. The largest absolute Gasteiger partial charge is 0.354 e. The minimum absolute atomic E-state index is 0.0874. The maximum atomic E-state index is 12.1. The molecule has 0 saturated heterocycles. The maximum absolute atomic E-state index is 12.1. The molecule has 142 valence electrons. The maximum Gasteiger partial charge on any atom is 0.234 e. The lowest BCUT2D eigenvalue weighted by atomic mass is 10.1. The van der Waals surface area contributed by atoms with E-state index in [1.54, 1.807) is 23.3 Å². The van der Waals surface area contributed by atoms with Crippen molar-refractivity contribution in [2.45, 2.75) is 39.2 Å². The van der Waals surface area contributed by atoms with E-state index in [0.717, 1.165) is 15.2 Å². The molecule has 0 saturated carbocycles. The molecule has 0 radical (unpaired) electrons. The van der Waals surface area contributed by atoms with Gasteiger partial charge in [0.2, 0.25) is 11.8 Å². The van der Waals surface area contributed by atoms with E-state index >= 15 is 0 Å². The zero-order valence-electron chi connectivity index (χ0n) is 16.1. The van der Waals surface area contributed by atoms with Crippen LogP contribution in [0.25, 0.3) is 10.2 Å². The Hall–Kier alpha value is -1.99. The molecule has 6 nitrogen and oxygen atoms in total. The summed E-state index contributed by atoms with van der Waals surface area (Å²) in [5.41, 5.74) is 0.725. The summed E-state index contributed by atoms with van der Waals surface area (Å²) in [6, 6.07) is 8.03. The van der Waals surface area contributed by atoms with Crippen LogP contribution in [0, 0.1) is 0 Å². The molecular weight excluding hydrogens is 348 g/mol. The number of amides is 2. The summed E-state index contributed by atoms with van der Waals surface area (Å²) in [4.78, 5) is 30.4. The summed E-state index contributed by atoms with van der Waals surface area (Å²) in [5.74, 6) is -0.0366. The topological polar surface area (TPSA) is 74.3 Å². The summed E-state index contributed by atoms with van der Waals surface area (Å²) in [6.07, 6.45) is 0. The van der Waals surface area contributed by atoms with Gasteiger partial charge in [-0.25, -0.2) is 4.98 Å². The predicted molar refractivity (Wildman–Crippen MR) is 106 cm³/mol. The van der Waals surface area contributed by atoms with Crippen LogP contribution in [0.1, 0.15) is 38.6 Å². The number of hydrogen-bond acceptors (Lipinski definition) is 5. The van der Waals surface area contributed by atoms with Crippen LogP contribution >= 0.6 is 11.3 Å². The normalized spacial score (nSPS) is 13.0. The summed E-state index contributed by atoms with van der Waals surface area (Å²) >= 11 is 1.66. The smallest absolute Gasteiger partial charge is 0.234 e. The number of benzene rings is 1. The summed E-state index contributed by atoms with van der Waals surface area (Å²) in [7, 11) is 1.76. The van der Waals surface area contributed by atoms with E-state index in [-0.39, 0.29) is 36.4 Å². The molecule has 1 heterocycles. The molecule has 2 aromatic rings. The van der Waals surface area contributed by atoms with E-state index in [0.29, 0.717) is 6.54 Å². The van der Waals surface area contributed by atoms with Gasteiger partial charge in [0.15, 0.2) is 0 Å². The molecule has 0 fully saturated rings. The number of aromatic nitrogens is 1. The number of nitrogens with zero attached hydrogens (tertiary/aromatic N) is 2. The van der Waals surface area contributed by atoms with E-state index in [1.165, 1.54) is 0 Å². The van der Waals surface area contributed by atoms with Crippen LogP contribution in [-0.4, -0.2) is 53.9 Å². The fraction of sp³-hybridized carbons (Fsp3) is 0.526. The summed E-state index contributed by atoms with van der Waals surface area (Å²) in [5, 5.41) is 6.84. The highest BCUT2D eigenvalue weighted by Gasteiger charge is 2.17. The quantitative estimate of drug-likeness (QED) is 0.778. The minimum atomic E-state index is -0.271. The fourth-order valence-corrected chi connectivity index (χ4v) is 3.53. The SMILES string of the molecule is CC(CNC(=O)CN(C)CC(=O)NC(C)(C)C)c1nc2ccccc2s1. The highest BCUT2D eigenvalue weighted by atomic mass is 32.1. The van der Waals surface area contributed by atoms with Crippen LogP contribution in [0.3, 0.4) is 0 Å². The van der Waals surface area contributed by atoms with Gasteiger partial charge in [0.05, 0.1) is 28.3 Å². The van der Waals surface area contributed by atoms with Gasteiger partial charge in [-0.2, -0.15) is 0 Å². The van der Waals surface area contributed by atoms with E-state index in [4.69, 9.17) is 0 Å². The van der Waals surface area contributed by atoms with Gasteiger partial charge >= 0.3 is 0 Å². The molecule has 1 aromatic heterocycles. The number of carbonyl (C=O) groups excluding carboxylic acids is 2. The van der Waals surface area contributed by atoms with Crippen LogP contribution in [0.4, 0.5) is 0 Å². The number of thiazole rings is 1. The van der Waals surface area contributed by atoms with Gasteiger partial charge in [-0.1, -0.05) is 19.1 Å². The number of rotatable bonds is 7. The average molecular weight is 377 g/mol. The van der Waals surface area contributed by atoms with E-state index in [1.807, 2.05) is 39.0 Å². The van der Waals surface area contributed by atoms with Gasteiger partial charge in [-0.05, 0) is 40.0 Å². The predicted octanol–water partition coefficient (Wildman–Crippen LogP) is 2.36. The Kier molecular flexibility index (Phi) is 6.72. The Bertz CT molecular complexity index is 733. The molecule has 0 bridgehead atoms. The van der Waals surface area contributed by atoms with Gasteiger partial charge in [0.25, 0.3) is 0 Å². The number of para-hydroxylation sites is 1. The lowest BCUT2D eigenvalue weighted by Crippen LogP contribution is -2.47. The fourth-order valence-electron chi connectivity index (χ4n) is 2.51. The number of fused-ring (bicyclic) bond motifs is 1. The second kappa shape index (κ2) is 8.60. The number of nitrogens with one attached hydrogen (secondary N) is 2. The first-order chi connectivity index (χ1) is 12.1. The Balaban J connectivity index is 1.77. The first kappa shape index (κ1) is 20.3. The van der Waals surface area contributed by atoms with E-state index in [2.05, 4.69) is 28.6 Å². The zero-order valence-corrected chi connectivity index (χ0v) is 16.9. The van der Waals surface area contributed by atoms with Crippen molar-refractivity contribution in [3.8, 4) is 0 Å². The molecule has 0 aliphatic carbocycles. The number of hydrogen-bond donors (Lipinski definition) is 2. The standard InChI is InChI=1S/C19H28N4O2S/c1-13(18-21-14-8-6-7-9-15(14)26-18)10-20-16(24)11-23(5)12-17(25)22-19(2,3)4/h6-9,13H,10-12H2,1-5H3,(H,20,24)(H,22,25). The molecule has 2 N–H and O–H groups in total.